The van der Waals surface area contributed by atoms with Crippen LogP contribution < -0.4 is 10.6 Å². The number of amides is 4. The van der Waals surface area contributed by atoms with Gasteiger partial charge in [0.05, 0.1) is 62.2 Å². The quantitative estimate of drug-likeness (QED) is 0.144. The number of nitrogens with one attached hydrogen (secondary N) is 4. The highest BCUT2D eigenvalue weighted by Gasteiger charge is 2.56. The molecule has 4 atom stereocenters. The van der Waals surface area contributed by atoms with Crippen molar-refractivity contribution < 1.29 is 33.4 Å². The number of hydrogen-bond donors (Lipinski definition) is 4. The molecule has 3 saturated heterocycles. The van der Waals surface area contributed by atoms with Crippen LogP contribution in [-0.2, 0) is 23.8 Å². The molecule has 2 aromatic carbocycles. The Labute approximate surface area is 337 Å². The Balaban J connectivity index is 0.944. The number of aromatic nitrogens is 4. The molecule has 4 fully saturated rings. The summed E-state index contributed by atoms with van der Waals surface area (Å²) < 4.78 is 15.9. The number of carbonyl (C=O) groups is 4. The molecule has 4 N–H and O–H groups in total. The number of hydrogen-bond acceptors (Lipinski definition) is 9. The summed E-state index contributed by atoms with van der Waals surface area (Å²) in [5.74, 6) is 1.06. The van der Waals surface area contributed by atoms with Gasteiger partial charge in [-0.2, -0.15) is 0 Å². The maximum atomic E-state index is 14.2. The van der Waals surface area contributed by atoms with Gasteiger partial charge in [0.25, 0.3) is 0 Å². The molecular weight excluding hydrogens is 741 g/mol. The topological polar surface area (TPSA) is 184 Å². The number of carbonyl (C=O) groups excluding carboxylic acids is 4. The highest BCUT2D eigenvalue weighted by atomic mass is 16.5. The zero-order chi connectivity index (χ0) is 40.6. The van der Waals surface area contributed by atoms with Gasteiger partial charge in [-0.3, -0.25) is 9.59 Å². The molecular formula is C43H52N8O7. The zero-order valence-electron chi connectivity index (χ0n) is 33.5. The first kappa shape index (κ1) is 39.1. The van der Waals surface area contributed by atoms with Crippen molar-refractivity contribution in [1.82, 2.24) is 40.4 Å². The number of ether oxygens (including phenoxy) is 3. The van der Waals surface area contributed by atoms with Crippen molar-refractivity contribution in [3.63, 3.8) is 0 Å². The highest BCUT2D eigenvalue weighted by Crippen LogP contribution is 2.47. The fourth-order valence-corrected chi connectivity index (χ4v) is 9.07. The molecule has 0 radical (unpaired) electrons. The lowest BCUT2D eigenvalue weighted by Crippen LogP contribution is -2.63. The molecule has 1 saturated carbocycles. The second-order valence-electron chi connectivity index (χ2n) is 16.4. The van der Waals surface area contributed by atoms with Crippen molar-refractivity contribution in [3.05, 3.63) is 72.6 Å². The minimum absolute atomic E-state index is 0.107. The molecule has 2 aromatic heterocycles. The number of H-pyrrole nitrogens is 2. The van der Waals surface area contributed by atoms with E-state index in [-0.39, 0.29) is 29.8 Å². The van der Waals surface area contributed by atoms with E-state index in [0.29, 0.717) is 44.8 Å². The van der Waals surface area contributed by atoms with Crippen LogP contribution in [0.5, 0.6) is 0 Å². The first-order valence-corrected chi connectivity index (χ1v) is 20.3. The van der Waals surface area contributed by atoms with E-state index < -0.39 is 29.4 Å². The first-order chi connectivity index (χ1) is 28.0. The highest BCUT2D eigenvalue weighted by molar-refractivity contribution is 5.91. The lowest BCUT2D eigenvalue weighted by Gasteiger charge is -2.43. The van der Waals surface area contributed by atoms with Crippen molar-refractivity contribution in [2.75, 3.05) is 33.9 Å². The number of rotatable bonds is 10. The monoisotopic (exact) mass is 792 g/mol. The molecule has 15 nitrogen and oxygen atoms in total. The molecule has 58 heavy (non-hydrogen) atoms. The molecule has 3 aliphatic heterocycles. The number of alkyl carbamates (subject to hydrolysis) is 2. The summed E-state index contributed by atoms with van der Waals surface area (Å²) in [6.45, 7) is 5.53. The average Bonchev–Trinajstić information content (AvgIpc) is 4.08. The summed E-state index contributed by atoms with van der Waals surface area (Å²) in [4.78, 5) is 72.0. The average molecular weight is 793 g/mol. The van der Waals surface area contributed by atoms with Crippen LogP contribution in [0.25, 0.3) is 33.6 Å². The normalized spacial score (nSPS) is 22.8. The van der Waals surface area contributed by atoms with E-state index in [1.165, 1.54) is 14.2 Å². The van der Waals surface area contributed by atoms with Gasteiger partial charge in [-0.05, 0) is 73.1 Å². The van der Waals surface area contributed by atoms with Crippen LogP contribution in [0.15, 0.2) is 60.9 Å². The van der Waals surface area contributed by atoms with Gasteiger partial charge in [0.15, 0.2) is 0 Å². The molecule has 4 aromatic rings. The lowest BCUT2D eigenvalue weighted by atomic mass is 9.75. The first-order valence-electron chi connectivity index (χ1n) is 20.3. The van der Waals surface area contributed by atoms with Gasteiger partial charge in [-0.25, -0.2) is 19.6 Å². The fourth-order valence-electron chi connectivity index (χ4n) is 9.07. The van der Waals surface area contributed by atoms with Gasteiger partial charge in [-0.1, -0.05) is 62.4 Å². The van der Waals surface area contributed by atoms with E-state index >= 15 is 0 Å². The Morgan fingerprint density at radius 1 is 0.776 bits per heavy atom. The zero-order valence-corrected chi connectivity index (χ0v) is 33.5. The van der Waals surface area contributed by atoms with E-state index in [2.05, 4.69) is 74.1 Å². The van der Waals surface area contributed by atoms with Gasteiger partial charge in [0.2, 0.25) is 11.8 Å². The van der Waals surface area contributed by atoms with Crippen LogP contribution in [0.2, 0.25) is 0 Å². The van der Waals surface area contributed by atoms with E-state index in [1.807, 2.05) is 29.8 Å². The molecule has 1 aliphatic carbocycles. The molecule has 0 unspecified atom stereocenters. The minimum Gasteiger partial charge on any atom is -0.453 e. The van der Waals surface area contributed by atoms with Gasteiger partial charge in [0.1, 0.15) is 23.2 Å². The number of imidazole rings is 2. The Bertz CT molecular complexity index is 2140. The summed E-state index contributed by atoms with van der Waals surface area (Å²) in [5.41, 5.74) is 4.37. The Morgan fingerprint density at radius 3 is 1.88 bits per heavy atom. The Morgan fingerprint density at radius 2 is 1.36 bits per heavy atom. The minimum atomic E-state index is -0.969. The third-order valence-electron chi connectivity index (χ3n) is 12.5. The summed E-state index contributed by atoms with van der Waals surface area (Å²) in [6.07, 6.45) is 8.49. The molecule has 4 amide bonds. The van der Waals surface area contributed by atoms with Crippen LogP contribution in [0.1, 0.15) is 88.9 Å². The predicted molar refractivity (Wildman–Crippen MR) is 214 cm³/mol. The van der Waals surface area contributed by atoms with Crippen molar-refractivity contribution in [2.45, 2.75) is 94.5 Å². The summed E-state index contributed by atoms with van der Waals surface area (Å²) in [5, 5.41) is 5.54. The number of aromatic amines is 2. The standard InChI is InChI=1S/C43H52N8O7/c1-26(2)35(48-40(54)56-3)38(52)50-20-5-8-33(50)36-44-23-31(46-36)29-13-9-27(10-14-29)28-11-15-30(16-12-28)32-24-45-37(47-32)34-22-42(17-7-21-58-42)25-51(34)39(53)43(18-6-19-43)49-41(55)57-4/h9-16,23-24,26,33-35H,5-8,17-22,25H2,1-4H3,(H,44,46)(H,45,47)(H,48,54)(H,49,55)/t33-,34-,35-,42-/m0/s1. The third kappa shape index (κ3) is 7.43. The number of nitrogens with zero attached hydrogens (tertiary/aromatic N) is 4. The largest absolute Gasteiger partial charge is 0.453 e. The Hall–Kier alpha value is -5.70. The Kier molecular flexibility index (Phi) is 10.7. The van der Waals surface area contributed by atoms with Crippen molar-refractivity contribution in [3.8, 4) is 33.6 Å². The van der Waals surface area contributed by atoms with Gasteiger partial charge >= 0.3 is 12.2 Å². The third-order valence-corrected chi connectivity index (χ3v) is 12.5. The number of methoxy groups -OCH3 is 2. The summed E-state index contributed by atoms with van der Waals surface area (Å²) >= 11 is 0. The number of likely N-dealkylation sites (tertiary alicyclic amines) is 2. The molecule has 306 valence electrons. The smallest absolute Gasteiger partial charge is 0.407 e. The van der Waals surface area contributed by atoms with Crippen LogP contribution in [0, 0.1) is 5.92 Å². The second-order valence-corrected chi connectivity index (χ2v) is 16.4. The number of benzene rings is 2. The van der Waals surface area contributed by atoms with Crippen LogP contribution in [0.4, 0.5) is 9.59 Å². The van der Waals surface area contributed by atoms with E-state index in [1.54, 1.807) is 6.20 Å². The molecule has 5 heterocycles. The van der Waals surface area contributed by atoms with E-state index in [4.69, 9.17) is 19.2 Å². The van der Waals surface area contributed by atoms with Crippen LogP contribution in [0.3, 0.4) is 0 Å². The molecule has 0 bridgehead atoms. The van der Waals surface area contributed by atoms with Gasteiger partial charge in [0, 0.05) is 19.6 Å². The summed E-state index contributed by atoms with van der Waals surface area (Å²) in [7, 11) is 2.60. The maximum Gasteiger partial charge on any atom is 0.407 e. The molecule has 1 spiro atoms. The second kappa shape index (κ2) is 15.9. The summed E-state index contributed by atoms with van der Waals surface area (Å²) in [6, 6.07) is 15.3. The van der Waals surface area contributed by atoms with Gasteiger partial charge in [-0.15, -0.1) is 0 Å². The molecule has 4 aliphatic rings. The van der Waals surface area contributed by atoms with Crippen molar-refractivity contribution >= 4 is 24.0 Å². The predicted octanol–water partition coefficient (Wildman–Crippen LogP) is 6.28. The van der Waals surface area contributed by atoms with Gasteiger partial charge < -0.3 is 44.6 Å². The van der Waals surface area contributed by atoms with Crippen LogP contribution >= 0.6 is 0 Å². The van der Waals surface area contributed by atoms with E-state index in [0.717, 1.165) is 71.6 Å². The fraction of sp³-hybridized carbons (Fsp3) is 0.488. The van der Waals surface area contributed by atoms with Crippen LogP contribution in [-0.4, -0.2) is 105 Å². The van der Waals surface area contributed by atoms with Crippen molar-refractivity contribution in [1.29, 1.82) is 0 Å². The molecule has 15 heteroatoms. The maximum absolute atomic E-state index is 14.2. The molecule has 8 rings (SSSR count). The lowest BCUT2D eigenvalue weighted by molar-refractivity contribution is -0.144. The van der Waals surface area contributed by atoms with E-state index in [9.17, 15) is 19.2 Å². The SMILES string of the molecule is COC(=O)N[C@H](C(=O)N1CCC[C@H]1c1ncc(-c2ccc(-c3ccc(-c4cnc([C@@H]5C[C@@]6(CCCO6)CN5C(=O)C5(NC(=O)OC)CCC5)[nH]4)cc3)cc2)[nH]1)C(C)C. The van der Waals surface area contributed by atoms with Crippen molar-refractivity contribution in [2.24, 2.45) is 5.92 Å².